The van der Waals surface area contributed by atoms with Crippen molar-refractivity contribution >= 4 is 39.1 Å². The third-order valence-electron chi connectivity index (χ3n) is 3.85. The van der Waals surface area contributed by atoms with Crippen LogP contribution in [0.2, 0.25) is 0 Å². The van der Waals surface area contributed by atoms with Gasteiger partial charge in [0.15, 0.2) is 0 Å². The molecule has 130 valence electrons. The molecule has 0 saturated heterocycles. The number of nitrogens with zero attached hydrogens (tertiary/aromatic N) is 3. The van der Waals surface area contributed by atoms with Crippen LogP contribution in [0.15, 0.2) is 18.2 Å². The molecule has 3 rings (SSSR count). The third kappa shape index (κ3) is 3.76. The SMILES string of the molecule is CCCCc1ccc2c(N)c(C(=O)Nc3nc(C)cc(C)n3)sc2n1. The summed E-state index contributed by atoms with van der Waals surface area (Å²) in [7, 11) is 0. The van der Waals surface area contributed by atoms with E-state index in [9.17, 15) is 4.79 Å². The molecule has 0 aliphatic rings. The summed E-state index contributed by atoms with van der Waals surface area (Å²) in [6.45, 7) is 5.87. The lowest BCUT2D eigenvalue weighted by Gasteiger charge is -2.04. The summed E-state index contributed by atoms with van der Waals surface area (Å²) in [6, 6.07) is 5.78. The molecule has 0 bridgehead atoms. The molecule has 1 amide bonds. The quantitative estimate of drug-likeness (QED) is 0.724. The number of unbranched alkanes of at least 4 members (excludes halogenated alkanes) is 1. The number of aryl methyl sites for hydroxylation is 3. The number of nitrogen functional groups attached to an aromatic ring is 1. The minimum Gasteiger partial charge on any atom is -0.397 e. The molecule has 0 fully saturated rings. The molecular weight excluding hydrogens is 334 g/mol. The van der Waals surface area contributed by atoms with Crippen LogP contribution < -0.4 is 11.1 Å². The Morgan fingerprint density at radius 1 is 1.20 bits per heavy atom. The Kier molecular flexibility index (Phi) is 4.94. The molecule has 0 aliphatic heterocycles. The fraction of sp³-hybridized carbons (Fsp3) is 0.333. The number of carbonyl (C=O) groups excluding carboxylic acids is 1. The van der Waals surface area contributed by atoms with Crippen LogP contribution in [0.1, 0.15) is 46.5 Å². The van der Waals surface area contributed by atoms with Crippen LogP contribution in [0.5, 0.6) is 0 Å². The van der Waals surface area contributed by atoms with Crippen molar-refractivity contribution in [3.8, 4) is 0 Å². The lowest BCUT2D eigenvalue weighted by atomic mass is 10.1. The molecule has 0 spiro atoms. The van der Waals surface area contributed by atoms with Gasteiger partial charge in [-0.25, -0.2) is 15.0 Å². The fourth-order valence-electron chi connectivity index (χ4n) is 2.64. The van der Waals surface area contributed by atoms with Gasteiger partial charge in [0.1, 0.15) is 9.71 Å². The molecule has 0 aliphatic carbocycles. The molecule has 7 heteroatoms. The molecule has 0 aromatic carbocycles. The van der Waals surface area contributed by atoms with E-state index in [2.05, 4.69) is 27.2 Å². The molecule has 0 radical (unpaired) electrons. The Labute approximate surface area is 150 Å². The monoisotopic (exact) mass is 355 g/mol. The van der Waals surface area contributed by atoms with E-state index in [0.717, 1.165) is 46.6 Å². The Bertz CT molecular complexity index is 914. The van der Waals surface area contributed by atoms with Gasteiger partial charge in [0.2, 0.25) is 5.95 Å². The minimum absolute atomic E-state index is 0.288. The number of fused-ring (bicyclic) bond motifs is 1. The second-order valence-corrected chi connectivity index (χ2v) is 7.03. The predicted molar refractivity (Wildman–Crippen MR) is 102 cm³/mol. The summed E-state index contributed by atoms with van der Waals surface area (Å²) >= 11 is 1.30. The molecule has 0 saturated carbocycles. The van der Waals surface area contributed by atoms with Crippen LogP contribution in [-0.2, 0) is 6.42 Å². The molecule has 0 unspecified atom stereocenters. The standard InChI is InChI=1S/C18H21N5OS/c1-4-5-6-12-7-8-13-14(19)15(25-17(13)22-12)16(24)23-18-20-10(2)9-11(3)21-18/h7-9H,4-6,19H2,1-3H3,(H,20,21,23,24). The summed E-state index contributed by atoms with van der Waals surface area (Å²) in [5.74, 6) is -0.0171. The number of nitrogens with one attached hydrogen (secondary N) is 1. The maximum absolute atomic E-state index is 12.6. The minimum atomic E-state index is -0.305. The van der Waals surface area contributed by atoms with Gasteiger partial charge in [0.05, 0.1) is 5.69 Å². The summed E-state index contributed by atoms with van der Waals surface area (Å²) in [5.41, 5.74) is 9.26. The van der Waals surface area contributed by atoms with Gasteiger partial charge in [-0.1, -0.05) is 13.3 Å². The normalized spacial score (nSPS) is 11.0. The molecular formula is C18H21N5OS. The Hall–Kier alpha value is -2.54. The first-order chi connectivity index (χ1) is 12.0. The van der Waals surface area contributed by atoms with E-state index in [-0.39, 0.29) is 11.9 Å². The van der Waals surface area contributed by atoms with E-state index in [1.165, 1.54) is 11.3 Å². The third-order valence-corrected chi connectivity index (χ3v) is 4.97. The number of pyridine rings is 1. The van der Waals surface area contributed by atoms with Crippen LogP contribution in [0, 0.1) is 13.8 Å². The van der Waals surface area contributed by atoms with E-state index in [4.69, 9.17) is 5.73 Å². The molecule has 3 N–H and O–H groups in total. The average molecular weight is 355 g/mol. The highest BCUT2D eigenvalue weighted by molar-refractivity contribution is 7.21. The number of thiophene rings is 1. The first kappa shape index (κ1) is 17.3. The van der Waals surface area contributed by atoms with E-state index >= 15 is 0 Å². The van der Waals surface area contributed by atoms with Gasteiger partial charge in [-0.15, -0.1) is 11.3 Å². The smallest absolute Gasteiger partial charge is 0.270 e. The van der Waals surface area contributed by atoms with Crippen molar-refractivity contribution in [2.24, 2.45) is 0 Å². The lowest BCUT2D eigenvalue weighted by molar-refractivity contribution is 0.103. The Morgan fingerprint density at radius 2 is 1.92 bits per heavy atom. The first-order valence-electron chi connectivity index (χ1n) is 8.29. The second kappa shape index (κ2) is 7.14. The topological polar surface area (TPSA) is 93.8 Å². The van der Waals surface area contributed by atoms with Crippen molar-refractivity contribution in [1.82, 2.24) is 15.0 Å². The van der Waals surface area contributed by atoms with Crippen LogP contribution in [0.3, 0.4) is 0 Å². The van der Waals surface area contributed by atoms with E-state index in [0.29, 0.717) is 10.6 Å². The van der Waals surface area contributed by atoms with Crippen molar-refractivity contribution in [1.29, 1.82) is 0 Å². The van der Waals surface area contributed by atoms with Gasteiger partial charge in [-0.3, -0.25) is 10.1 Å². The van der Waals surface area contributed by atoms with Gasteiger partial charge < -0.3 is 5.73 Å². The van der Waals surface area contributed by atoms with Crippen LogP contribution in [0.4, 0.5) is 11.6 Å². The summed E-state index contributed by atoms with van der Waals surface area (Å²) in [4.78, 5) is 26.9. The number of rotatable bonds is 5. The molecule has 3 heterocycles. The van der Waals surface area contributed by atoms with Crippen molar-refractivity contribution in [3.63, 3.8) is 0 Å². The van der Waals surface area contributed by atoms with Gasteiger partial charge in [-0.05, 0) is 44.9 Å². The summed E-state index contributed by atoms with van der Waals surface area (Å²) in [5, 5.41) is 3.55. The molecule has 3 aromatic heterocycles. The fourth-order valence-corrected chi connectivity index (χ4v) is 3.65. The number of hydrogen-bond acceptors (Lipinski definition) is 6. The maximum Gasteiger partial charge on any atom is 0.270 e. The van der Waals surface area contributed by atoms with Crippen molar-refractivity contribution in [3.05, 3.63) is 40.2 Å². The van der Waals surface area contributed by atoms with Crippen molar-refractivity contribution in [2.75, 3.05) is 11.1 Å². The van der Waals surface area contributed by atoms with Crippen molar-refractivity contribution < 1.29 is 4.79 Å². The van der Waals surface area contributed by atoms with Crippen LogP contribution >= 0.6 is 11.3 Å². The molecule has 0 atom stereocenters. The molecule has 6 nitrogen and oxygen atoms in total. The molecule has 25 heavy (non-hydrogen) atoms. The zero-order chi connectivity index (χ0) is 18.0. The number of anilines is 2. The van der Waals surface area contributed by atoms with Gasteiger partial charge in [0, 0.05) is 22.5 Å². The van der Waals surface area contributed by atoms with Gasteiger partial charge in [-0.2, -0.15) is 0 Å². The number of amides is 1. The van der Waals surface area contributed by atoms with E-state index < -0.39 is 0 Å². The highest BCUT2D eigenvalue weighted by Crippen LogP contribution is 2.33. The van der Waals surface area contributed by atoms with E-state index in [1.54, 1.807) is 0 Å². The largest absolute Gasteiger partial charge is 0.397 e. The lowest BCUT2D eigenvalue weighted by Crippen LogP contribution is -2.15. The number of aromatic nitrogens is 3. The maximum atomic E-state index is 12.6. The highest BCUT2D eigenvalue weighted by Gasteiger charge is 2.18. The Balaban J connectivity index is 1.89. The number of nitrogens with two attached hydrogens (primary N) is 1. The summed E-state index contributed by atoms with van der Waals surface area (Å²) in [6.07, 6.45) is 3.15. The second-order valence-electron chi connectivity index (χ2n) is 6.03. The van der Waals surface area contributed by atoms with Gasteiger partial charge in [0.25, 0.3) is 5.91 Å². The Morgan fingerprint density at radius 3 is 2.60 bits per heavy atom. The average Bonchev–Trinajstić information content (AvgIpc) is 2.88. The first-order valence-corrected chi connectivity index (χ1v) is 9.11. The molecule has 3 aromatic rings. The van der Waals surface area contributed by atoms with Gasteiger partial charge >= 0.3 is 0 Å². The van der Waals surface area contributed by atoms with Crippen LogP contribution in [-0.4, -0.2) is 20.9 Å². The van der Waals surface area contributed by atoms with E-state index in [1.807, 2.05) is 32.0 Å². The number of hydrogen-bond donors (Lipinski definition) is 2. The zero-order valence-electron chi connectivity index (χ0n) is 14.6. The predicted octanol–water partition coefficient (Wildman–Crippen LogP) is 3.88. The highest BCUT2D eigenvalue weighted by atomic mass is 32.1. The van der Waals surface area contributed by atoms with Crippen molar-refractivity contribution in [2.45, 2.75) is 40.0 Å². The van der Waals surface area contributed by atoms with Crippen LogP contribution in [0.25, 0.3) is 10.2 Å². The number of carbonyl (C=O) groups is 1. The summed E-state index contributed by atoms with van der Waals surface area (Å²) < 4.78 is 0. The zero-order valence-corrected chi connectivity index (χ0v) is 15.4.